The van der Waals surface area contributed by atoms with Crippen LogP contribution in [0.5, 0.6) is 5.75 Å². The van der Waals surface area contributed by atoms with Gasteiger partial charge < -0.3 is 14.6 Å². The van der Waals surface area contributed by atoms with Gasteiger partial charge >= 0.3 is 0 Å². The summed E-state index contributed by atoms with van der Waals surface area (Å²) in [7, 11) is 1.61. The molecule has 27 heavy (non-hydrogen) atoms. The van der Waals surface area contributed by atoms with E-state index in [1.807, 2.05) is 49.4 Å². The number of amides is 1. The Balaban J connectivity index is 1.49. The second-order valence-electron chi connectivity index (χ2n) is 6.41. The van der Waals surface area contributed by atoms with E-state index in [1.165, 1.54) is 5.56 Å². The van der Waals surface area contributed by atoms with Crippen LogP contribution in [0.2, 0.25) is 0 Å². The molecule has 3 aromatic rings. The van der Waals surface area contributed by atoms with Crippen LogP contribution in [-0.4, -0.2) is 29.2 Å². The SMILES string of the molecule is COc1ccc(-c2noc(CC(=O)NC(C)CCc3ccccc3)n2)cc1. The minimum Gasteiger partial charge on any atom is -0.497 e. The maximum atomic E-state index is 12.2. The lowest BCUT2D eigenvalue weighted by atomic mass is 10.1. The van der Waals surface area contributed by atoms with Crippen molar-refractivity contribution in [3.05, 3.63) is 66.1 Å². The first kappa shape index (κ1) is 18.6. The summed E-state index contributed by atoms with van der Waals surface area (Å²) in [5, 5.41) is 6.92. The Bertz CT molecular complexity index is 860. The third-order valence-corrected chi connectivity index (χ3v) is 4.24. The fourth-order valence-electron chi connectivity index (χ4n) is 2.75. The monoisotopic (exact) mass is 365 g/mol. The van der Waals surface area contributed by atoms with Crippen LogP contribution >= 0.6 is 0 Å². The van der Waals surface area contributed by atoms with Gasteiger partial charge in [-0.2, -0.15) is 4.98 Å². The molecule has 0 aliphatic rings. The Morgan fingerprint density at radius 1 is 1.15 bits per heavy atom. The maximum absolute atomic E-state index is 12.2. The van der Waals surface area contributed by atoms with Crippen LogP contribution in [0, 0.1) is 0 Å². The van der Waals surface area contributed by atoms with Gasteiger partial charge in [0.2, 0.25) is 17.6 Å². The predicted molar refractivity (Wildman–Crippen MR) is 102 cm³/mol. The molecule has 0 fully saturated rings. The number of nitrogens with one attached hydrogen (secondary N) is 1. The number of methoxy groups -OCH3 is 1. The zero-order valence-electron chi connectivity index (χ0n) is 15.5. The fourth-order valence-corrected chi connectivity index (χ4v) is 2.75. The molecule has 2 aromatic carbocycles. The molecule has 6 heteroatoms. The maximum Gasteiger partial charge on any atom is 0.236 e. The molecular formula is C21H23N3O3. The molecule has 1 amide bonds. The molecule has 0 bridgehead atoms. The molecule has 3 rings (SSSR count). The van der Waals surface area contributed by atoms with Crippen molar-refractivity contribution in [1.29, 1.82) is 0 Å². The Morgan fingerprint density at radius 3 is 2.59 bits per heavy atom. The lowest BCUT2D eigenvalue weighted by molar-refractivity contribution is -0.121. The summed E-state index contributed by atoms with van der Waals surface area (Å²) >= 11 is 0. The van der Waals surface area contributed by atoms with Crippen molar-refractivity contribution in [2.24, 2.45) is 0 Å². The van der Waals surface area contributed by atoms with E-state index < -0.39 is 0 Å². The van der Waals surface area contributed by atoms with E-state index in [-0.39, 0.29) is 18.4 Å². The summed E-state index contributed by atoms with van der Waals surface area (Å²) in [4.78, 5) is 16.5. The third kappa shape index (κ3) is 5.41. The van der Waals surface area contributed by atoms with Crippen LogP contribution in [0.15, 0.2) is 59.1 Å². The van der Waals surface area contributed by atoms with Gasteiger partial charge in [-0.05, 0) is 49.6 Å². The highest BCUT2D eigenvalue weighted by Crippen LogP contribution is 2.19. The molecule has 0 radical (unpaired) electrons. The van der Waals surface area contributed by atoms with Gasteiger partial charge in [0, 0.05) is 11.6 Å². The minimum absolute atomic E-state index is 0.0683. The number of carbonyl (C=O) groups is 1. The largest absolute Gasteiger partial charge is 0.497 e. The molecule has 6 nitrogen and oxygen atoms in total. The minimum atomic E-state index is -0.125. The van der Waals surface area contributed by atoms with Crippen LogP contribution < -0.4 is 10.1 Å². The van der Waals surface area contributed by atoms with E-state index in [4.69, 9.17) is 9.26 Å². The number of rotatable bonds is 8. The number of ether oxygens (including phenoxy) is 1. The topological polar surface area (TPSA) is 77.2 Å². The van der Waals surface area contributed by atoms with Gasteiger partial charge in [-0.25, -0.2) is 0 Å². The summed E-state index contributed by atoms with van der Waals surface area (Å²) in [6.45, 7) is 2.00. The molecule has 0 spiro atoms. The van der Waals surface area contributed by atoms with E-state index in [0.29, 0.717) is 11.7 Å². The number of aromatic nitrogens is 2. The van der Waals surface area contributed by atoms with E-state index in [1.54, 1.807) is 7.11 Å². The number of carbonyl (C=O) groups excluding carboxylic acids is 1. The first-order valence-electron chi connectivity index (χ1n) is 8.94. The summed E-state index contributed by atoms with van der Waals surface area (Å²) in [6.07, 6.45) is 1.86. The molecule has 1 atom stereocenters. The van der Waals surface area contributed by atoms with Gasteiger partial charge in [0.15, 0.2) is 0 Å². The molecule has 0 aliphatic heterocycles. The number of aryl methyl sites for hydroxylation is 1. The smallest absolute Gasteiger partial charge is 0.236 e. The lowest BCUT2D eigenvalue weighted by Crippen LogP contribution is -2.34. The molecule has 1 heterocycles. The summed E-state index contributed by atoms with van der Waals surface area (Å²) in [5.74, 6) is 1.39. The number of nitrogens with zero attached hydrogens (tertiary/aromatic N) is 2. The summed E-state index contributed by atoms with van der Waals surface area (Å²) in [5.41, 5.74) is 2.07. The highest BCUT2D eigenvalue weighted by atomic mass is 16.5. The Hall–Kier alpha value is -3.15. The second-order valence-corrected chi connectivity index (χ2v) is 6.41. The van der Waals surface area contributed by atoms with Gasteiger partial charge in [-0.1, -0.05) is 35.5 Å². The average Bonchev–Trinajstić information content (AvgIpc) is 3.15. The van der Waals surface area contributed by atoms with Crippen molar-refractivity contribution in [3.8, 4) is 17.1 Å². The van der Waals surface area contributed by atoms with Crippen molar-refractivity contribution in [2.45, 2.75) is 32.2 Å². The second kappa shape index (κ2) is 8.98. The Kier molecular flexibility index (Phi) is 6.20. The van der Waals surface area contributed by atoms with Gasteiger partial charge in [0.1, 0.15) is 12.2 Å². The first-order valence-corrected chi connectivity index (χ1v) is 8.94. The Labute approximate surface area is 158 Å². The summed E-state index contributed by atoms with van der Waals surface area (Å²) < 4.78 is 10.3. The number of hydrogen-bond acceptors (Lipinski definition) is 5. The van der Waals surface area contributed by atoms with Gasteiger partial charge in [-0.3, -0.25) is 4.79 Å². The molecule has 0 aliphatic carbocycles. The number of hydrogen-bond donors (Lipinski definition) is 1. The van der Waals surface area contributed by atoms with Crippen LogP contribution in [0.1, 0.15) is 24.8 Å². The molecule has 1 unspecified atom stereocenters. The van der Waals surface area contributed by atoms with Crippen molar-refractivity contribution in [2.75, 3.05) is 7.11 Å². The lowest BCUT2D eigenvalue weighted by Gasteiger charge is -2.13. The number of benzene rings is 2. The average molecular weight is 365 g/mol. The van der Waals surface area contributed by atoms with Gasteiger partial charge in [0.05, 0.1) is 7.11 Å². The highest BCUT2D eigenvalue weighted by Gasteiger charge is 2.14. The van der Waals surface area contributed by atoms with E-state index in [2.05, 4.69) is 27.6 Å². The molecule has 0 saturated heterocycles. The van der Waals surface area contributed by atoms with Crippen LogP contribution in [0.3, 0.4) is 0 Å². The molecular weight excluding hydrogens is 342 g/mol. The highest BCUT2D eigenvalue weighted by molar-refractivity contribution is 5.78. The quantitative estimate of drug-likeness (QED) is 0.662. The van der Waals surface area contributed by atoms with Crippen molar-refractivity contribution < 1.29 is 14.1 Å². The van der Waals surface area contributed by atoms with Crippen LogP contribution in [0.4, 0.5) is 0 Å². The van der Waals surface area contributed by atoms with Crippen molar-refractivity contribution in [3.63, 3.8) is 0 Å². The van der Waals surface area contributed by atoms with Crippen molar-refractivity contribution in [1.82, 2.24) is 15.5 Å². The van der Waals surface area contributed by atoms with Crippen molar-refractivity contribution >= 4 is 5.91 Å². The first-order chi connectivity index (χ1) is 13.1. The zero-order valence-corrected chi connectivity index (χ0v) is 15.5. The molecule has 1 N–H and O–H groups in total. The molecule has 140 valence electrons. The standard InChI is InChI=1S/C21H23N3O3/c1-15(8-9-16-6-4-3-5-7-16)22-19(25)14-20-23-21(24-27-20)17-10-12-18(26-2)13-11-17/h3-7,10-13,15H,8-9,14H2,1-2H3,(H,22,25). The summed E-state index contributed by atoms with van der Waals surface area (Å²) in [6, 6.07) is 17.6. The van der Waals surface area contributed by atoms with E-state index >= 15 is 0 Å². The molecule has 0 saturated carbocycles. The van der Waals surface area contributed by atoms with Gasteiger partial charge in [0.25, 0.3) is 0 Å². The predicted octanol–water partition coefficient (Wildman–Crippen LogP) is 3.43. The fraction of sp³-hybridized carbons (Fsp3) is 0.286. The van der Waals surface area contributed by atoms with E-state index in [0.717, 1.165) is 24.2 Å². The zero-order chi connectivity index (χ0) is 19.1. The van der Waals surface area contributed by atoms with E-state index in [9.17, 15) is 4.79 Å². The Morgan fingerprint density at radius 2 is 1.89 bits per heavy atom. The third-order valence-electron chi connectivity index (χ3n) is 4.24. The molecule has 1 aromatic heterocycles. The van der Waals surface area contributed by atoms with Gasteiger partial charge in [-0.15, -0.1) is 0 Å². The van der Waals surface area contributed by atoms with Crippen LogP contribution in [0.25, 0.3) is 11.4 Å². The van der Waals surface area contributed by atoms with Crippen LogP contribution in [-0.2, 0) is 17.6 Å². The normalized spacial score (nSPS) is 11.8.